The molecule has 0 aliphatic carbocycles. The van der Waals surface area contributed by atoms with Gasteiger partial charge in [0.25, 0.3) is 0 Å². The van der Waals surface area contributed by atoms with Gasteiger partial charge in [0.15, 0.2) is 0 Å². The first kappa shape index (κ1) is 14.0. The van der Waals surface area contributed by atoms with Gasteiger partial charge in [0.2, 0.25) is 0 Å². The molecule has 0 radical (unpaired) electrons. The molecule has 4 rings (SSSR count). The smallest absolute Gasteiger partial charge is 0.129 e. The van der Waals surface area contributed by atoms with E-state index in [9.17, 15) is 0 Å². The highest BCUT2D eigenvalue weighted by Crippen LogP contribution is 2.34. The fourth-order valence-electron chi connectivity index (χ4n) is 3.86. The van der Waals surface area contributed by atoms with E-state index >= 15 is 0 Å². The van der Waals surface area contributed by atoms with Crippen molar-refractivity contribution in [1.82, 2.24) is 9.88 Å². The summed E-state index contributed by atoms with van der Waals surface area (Å²) in [5, 5.41) is 0.707. The van der Waals surface area contributed by atoms with Crippen molar-refractivity contribution in [3.05, 3.63) is 59.2 Å². The first-order chi connectivity index (χ1) is 10.8. The number of aromatic nitrogens is 1. The van der Waals surface area contributed by atoms with Gasteiger partial charge < -0.3 is 4.90 Å². The molecule has 2 atom stereocenters. The number of anilines is 1. The molecule has 1 aromatic carbocycles. The van der Waals surface area contributed by atoms with Gasteiger partial charge >= 0.3 is 0 Å². The van der Waals surface area contributed by atoms with Gasteiger partial charge in [0.05, 0.1) is 5.02 Å². The molecule has 22 heavy (non-hydrogen) atoms. The Bertz CT molecular complexity index is 615. The maximum atomic E-state index is 5.96. The van der Waals surface area contributed by atoms with Gasteiger partial charge in [-0.1, -0.05) is 41.9 Å². The van der Waals surface area contributed by atoms with E-state index in [0.29, 0.717) is 17.1 Å². The lowest BCUT2D eigenvalue weighted by molar-refractivity contribution is 0.211. The molecule has 1 unspecified atom stereocenters. The van der Waals surface area contributed by atoms with Gasteiger partial charge in [-0.05, 0) is 30.5 Å². The predicted octanol–water partition coefficient (Wildman–Crippen LogP) is 3.59. The van der Waals surface area contributed by atoms with E-state index in [4.69, 9.17) is 11.6 Å². The number of nitrogens with zero attached hydrogens (tertiary/aromatic N) is 3. The van der Waals surface area contributed by atoms with Crippen molar-refractivity contribution in [3.8, 4) is 0 Å². The second-order valence-corrected chi connectivity index (χ2v) is 6.74. The van der Waals surface area contributed by atoms with E-state index in [1.165, 1.54) is 18.4 Å². The van der Waals surface area contributed by atoms with Gasteiger partial charge in [-0.15, -0.1) is 0 Å². The fraction of sp³-hybridized carbons (Fsp3) is 0.389. The lowest BCUT2D eigenvalue weighted by atomic mass is 10.1. The molecule has 3 nitrogen and oxygen atoms in total. The first-order valence-corrected chi connectivity index (χ1v) is 8.33. The summed E-state index contributed by atoms with van der Waals surface area (Å²) in [6, 6.07) is 15.9. The Morgan fingerprint density at radius 3 is 2.36 bits per heavy atom. The highest BCUT2D eigenvalue weighted by atomic mass is 35.5. The van der Waals surface area contributed by atoms with Crippen molar-refractivity contribution >= 4 is 17.4 Å². The number of rotatable bonds is 3. The van der Waals surface area contributed by atoms with Gasteiger partial charge in [0, 0.05) is 37.9 Å². The SMILES string of the molecule is Clc1ccc(N2C3CC[C@@H]2CN(Cc2ccccc2)C3)nc1. The van der Waals surface area contributed by atoms with Crippen LogP contribution in [0.4, 0.5) is 5.82 Å². The van der Waals surface area contributed by atoms with E-state index in [1.54, 1.807) is 6.20 Å². The Morgan fingerprint density at radius 1 is 1.00 bits per heavy atom. The number of hydrogen-bond acceptors (Lipinski definition) is 3. The number of fused-ring (bicyclic) bond motifs is 2. The molecule has 0 amide bonds. The van der Waals surface area contributed by atoms with Crippen LogP contribution in [0.15, 0.2) is 48.7 Å². The molecule has 2 bridgehead atoms. The van der Waals surface area contributed by atoms with Crippen molar-refractivity contribution < 1.29 is 0 Å². The minimum atomic E-state index is 0.580. The van der Waals surface area contributed by atoms with Crippen LogP contribution in [-0.4, -0.2) is 35.1 Å². The minimum absolute atomic E-state index is 0.580. The zero-order valence-electron chi connectivity index (χ0n) is 12.5. The summed E-state index contributed by atoms with van der Waals surface area (Å²) in [5.41, 5.74) is 1.40. The van der Waals surface area contributed by atoms with Gasteiger partial charge in [-0.3, -0.25) is 4.90 Å². The molecule has 4 heteroatoms. The van der Waals surface area contributed by atoms with Crippen LogP contribution in [0.1, 0.15) is 18.4 Å². The van der Waals surface area contributed by atoms with Crippen LogP contribution in [-0.2, 0) is 6.54 Å². The second-order valence-electron chi connectivity index (χ2n) is 6.31. The zero-order valence-corrected chi connectivity index (χ0v) is 13.3. The van der Waals surface area contributed by atoms with Crippen LogP contribution < -0.4 is 4.90 Å². The molecule has 114 valence electrons. The normalized spacial score (nSPS) is 24.7. The van der Waals surface area contributed by atoms with Crippen LogP contribution in [0.3, 0.4) is 0 Å². The summed E-state index contributed by atoms with van der Waals surface area (Å²) in [5.74, 6) is 1.08. The minimum Gasteiger partial charge on any atom is -0.348 e. The summed E-state index contributed by atoms with van der Waals surface area (Å²) in [4.78, 5) is 9.63. The number of likely N-dealkylation sites (tertiary alicyclic amines) is 1. The molecular formula is C18H20ClN3. The Kier molecular flexibility index (Phi) is 3.77. The molecule has 0 saturated carbocycles. The number of hydrogen-bond donors (Lipinski definition) is 0. The lowest BCUT2D eigenvalue weighted by Crippen LogP contribution is -2.53. The first-order valence-electron chi connectivity index (χ1n) is 7.96. The van der Waals surface area contributed by atoms with E-state index in [0.717, 1.165) is 25.5 Å². The Balaban J connectivity index is 1.48. The number of pyridine rings is 1. The molecule has 2 fully saturated rings. The molecule has 0 N–H and O–H groups in total. The second kappa shape index (κ2) is 5.90. The maximum absolute atomic E-state index is 5.96. The van der Waals surface area contributed by atoms with Crippen molar-refractivity contribution in [2.24, 2.45) is 0 Å². The van der Waals surface area contributed by atoms with Crippen molar-refractivity contribution in [1.29, 1.82) is 0 Å². The standard InChI is InChI=1S/C18H20ClN3/c19-15-6-9-18(20-10-15)22-16-7-8-17(22)13-21(12-16)11-14-4-2-1-3-5-14/h1-6,9-10,16-17H,7-8,11-13H2/t16-,17?/m1/s1. The van der Waals surface area contributed by atoms with Crippen LogP contribution in [0.5, 0.6) is 0 Å². The van der Waals surface area contributed by atoms with Gasteiger partial charge in [-0.2, -0.15) is 0 Å². The van der Waals surface area contributed by atoms with Crippen LogP contribution in [0.2, 0.25) is 5.02 Å². The molecule has 2 aliphatic heterocycles. The average molecular weight is 314 g/mol. The molecule has 2 aliphatic rings. The molecule has 1 aromatic heterocycles. The summed E-state index contributed by atoms with van der Waals surface area (Å²) in [7, 11) is 0. The third-order valence-electron chi connectivity index (χ3n) is 4.78. The van der Waals surface area contributed by atoms with Gasteiger partial charge in [-0.25, -0.2) is 4.98 Å². The third kappa shape index (κ3) is 2.71. The summed E-state index contributed by atoms with van der Waals surface area (Å²) in [6.07, 6.45) is 4.28. The van der Waals surface area contributed by atoms with Crippen molar-refractivity contribution in [3.63, 3.8) is 0 Å². The highest BCUT2D eigenvalue weighted by molar-refractivity contribution is 6.30. The quantitative estimate of drug-likeness (QED) is 0.863. The Labute approximate surface area is 136 Å². The van der Waals surface area contributed by atoms with Crippen LogP contribution in [0.25, 0.3) is 0 Å². The van der Waals surface area contributed by atoms with E-state index < -0.39 is 0 Å². The molecule has 0 spiro atoms. The van der Waals surface area contributed by atoms with Crippen molar-refractivity contribution in [2.75, 3.05) is 18.0 Å². The third-order valence-corrected chi connectivity index (χ3v) is 5.01. The van der Waals surface area contributed by atoms with E-state index in [2.05, 4.69) is 51.2 Å². The zero-order chi connectivity index (χ0) is 14.9. The van der Waals surface area contributed by atoms with Crippen LogP contribution in [0, 0.1) is 0 Å². The number of piperazine rings is 1. The largest absolute Gasteiger partial charge is 0.348 e. The van der Waals surface area contributed by atoms with Crippen LogP contribution >= 0.6 is 11.6 Å². The summed E-state index contributed by atoms with van der Waals surface area (Å²) >= 11 is 5.96. The monoisotopic (exact) mass is 313 g/mol. The Morgan fingerprint density at radius 2 is 1.73 bits per heavy atom. The van der Waals surface area contributed by atoms with Crippen molar-refractivity contribution in [2.45, 2.75) is 31.5 Å². The maximum Gasteiger partial charge on any atom is 0.129 e. The lowest BCUT2D eigenvalue weighted by Gasteiger charge is -2.41. The Hall–Kier alpha value is -1.58. The van der Waals surface area contributed by atoms with E-state index in [-0.39, 0.29) is 0 Å². The fourth-order valence-corrected chi connectivity index (χ4v) is 3.97. The molecule has 2 saturated heterocycles. The topological polar surface area (TPSA) is 19.4 Å². The number of halogens is 1. The average Bonchev–Trinajstić information content (AvgIpc) is 2.80. The molecular weight excluding hydrogens is 294 g/mol. The molecule has 3 heterocycles. The highest BCUT2D eigenvalue weighted by Gasteiger charge is 2.40. The number of benzene rings is 1. The summed E-state index contributed by atoms with van der Waals surface area (Å²) < 4.78 is 0. The molecule has 2 aromatic rings. The van der Waals surface area contributed by atoms with E-state index in [1.807, 2.05) is 6.07 Å². The predicted molar refractivity (Wildman–Crippen MR) is 90.3 cm³/mol. The summed E-state index contributed by atoms with van der Waals surface area (Å²) in [6.45, 7) is 3.29. The van der Waals surface area contributed by atoms with Gasteiger partial charge in [0.1, 0.15) is 5.82 Å².